The van der Waals surface area contributed by atoms with Gasteiger partial charge in [-0.3, -0.25) is 4.79 Å². The van der Waals surface area contributed by atoms with E-state index >= 15 is 0 Å². The van der Waals surface area contributed by atoms with Crippen LogP contribution in [0.4, 0.5) is 0 Å². The molecule has 0 spiro atoms. The molecule has 0 aliphatic carbocycles. The Balaban J connectivity index is 1.54. The van der Waals surface area contributed by atoms with E-state index in [1.807, 2.05) is 10.3 Å². The first-order chi connectivity index (χ1) is 10.2. The molecule has 1 N–H and O–H groups in total. The fourth-order valence-electron chi connectivity index (χ4n) is 2.49. The molecule has 0 bridgehead atoms. The van der Waals surface area contributed by atoms with Crippen LogP contribution in [0.25, 0.3) is 0 Å². The lowest BCUT2D eigenvalue weighted by Crippen LogP contribution is -2.37. The van der Waals surface area contributed by atoms with Crippen molar-refractivity contribution in [2.75, 3.05) is 6.54 Å². The molecule has 1 aliphatic heterocycles. The third-order valence-corrected chi connectivity index (χ3v) is 4.28. The van der Waals surface area contributed by atoms with Gasteiger partial charge in [0, 0.05) is 25.0 Å². The van der Waals surface area contributed by atoms with Gasteiger partial charge < -0.3 is 10.2 Å². The zero-order valence-corrected chi connectivity index (χ0v) is 12.8. The Morgan fingerprint density at radius 3 is 2.90 bits per heavy atom. The molecule has 1 atom stereocenters. The lowest BCUT2D eigenvalue weighted by atomic mass is 10.1. The van der Waals surface area contributed by atoms with E-state index in [1.165, 1.54) is 22.7 Å². The number of aryl methyl sites for hydroxylation is 1. The van der Waals surface area contributed by atoms with Gasteiger partial charge in [0.15, 0.2) is 0 Å². The number of nitrogens with zero attached hydrogens (tertiary/aromatic N) is 3. The van der Waals surface area contributed by atoms with E-state index in [2.05, 4.69) is 46.1 Å². The van der Waals surface area contributed by atoms with Crippen molar-refractivity contribution in [1.29, 1.82) is 0 Å². The average Bonchev–Trinajstić information content (AvgIpc) is 3.11. The van der Waals surface area contributed by atoms with Crippen molar-refractivity contribution < 1.29 is 4.79 Å². The summed E-state index contributed by atoms with van der Waals surface area (Å²) in [6.45, 7) is 4.17. The van der Waals surface area contributed by atoms with Crippen LogP contribution >= 0.6 is 11.5 Å². The summed E-state index contributed by atoms with van der Waals surface area (Å²) in [5, 5.41) is 9.15. The van der Waals surface area contributed by atoms with Gasteiger partial charge in [-0.05, 0) is 30.4 Å². The number of nitrogens with one attached hydrogen (secondary N) is 1. The van der Waals surface area contributed by atoms with E-state index in [9.17, 15) is 4.79 Å². The predicted molar refractivity (Wildman–Crippen MR) is 81.7 cm³/mol. The van der Waals surface area contributed by atoms with Crippen LogP contribution in [0.5, 0.6) is 0 Å². The second kappa shape index (κ2) is 6.32. The normalized spacial score (nSPS) is 18.4. The minimum atomic E-state index is -0.0999. The van der Waals surface area contributed by atoms with Gasteiger partial charge in [-0.25, -0.2) is 0 Å². The molecule has 2 aromatic rings. The zero-order valence-electron chi connectivity index (χ0n) is 12.0. The Morgan fingerprint density at radius 2 is 2.19 bits per heavy atom. The number of likely N-dealkylation sites (tertiary alicyclic amines) is 1. The van der Waals surface area contributed by atoms with Crippen LogP contribution in [0.3, 0.4) is 0 Å². The Kier molecular flexibility index (Phi) is 4.26. The highest BCUT2D eigenvalue weighted by Gasteiger charge is 2.31. The third-order valence-electron chi connectivity index (χ3n) is 3.73. The first-order valence-corrected chi connectivity index (χ1v) is 7.89. The van der Waals surface area contributed by atoms with Crippen molar-refractivity contribution in [1.82, 2.24) is 19.8 Å². The maximum Gasteiger partial charge on any atom is 0.240 e. The Morgan fingerprint density at radius 1 is 1.38 bits per heavy atom. The van der Waals surface area contributed by atoms with E-state index < -0.39 is 0 Å². The molecule has 1 aromatic carbocycles. The van der Waals surface area contributed by atoms with E-state index in [-0.39, 0.29) is 11.9 Å². The highest BCUT2D eigenvalue weighted by molar-refractivity contribution is 7.03. The van der Waals surface area contributed by atoms with E-state index in [0.29, 0.717) is 13.1 Å². The van der Waals surface area contributed by atoms with E-state index in [0.717, 1.165) is 18.7 Å². The topological polar surface area (TPSA) is 58.1 Å². The molecule has 6 heteroatoms. The van der Waals surface area contributed by atoms with Crippen molar-refractivity contribution >= 4 is 17.4 Å². The van der Waals surface area contributed by atoms with Crippen molar-refractivity contribution in [3.8, 4) is 0 Å². The van der Waals surface area contributed by atoms with Crippen LogP contribution < -0.4 is 5.32 Å². The molecule has 1 saturated heterocycles. The Labute approximate surface area is 128 Å². The second-order valence-electron chi connectivity index (χ2n) is 5.36. The van der Waals surface area contributed by atoms with Crippen LogP contribution in [0.1, 0.15) is 23.2 Å². The molecule has 5 nitrogen and oxygen atoms in total. The molecule has 1 aromatic heterocycles. The molecule has 0 saturated carbocycles. The van der Waals surface area contributed by atoms with E-state index in [4.69, 9.17) is 0 Å². The van der Waals surface area contributed by atoms with Crippen LogP contribution in [0.2, 0.25) is 0 Å². The zero-order chi connectivity index (χ0) is 14.7. The maximum atomic E-state index is 12.4. The molecule has 21 heavy (non-hydrogen) atoms. The maximum absolute atomic E-state index is 12.4. The summed E-state index contributed by atoms with van der Waals surface area (Å²) in [4.78, 5) is 14.3. The summed E-state index contributed by atoms with van der Waals surface area (Å²) in [6, 6.07) is 8.24. The first kappa shape index (κ1) is 14.2. The summed E-state index contributed by atoms with van der Waals surface area (Å²) < 4.78 is 3.82. The lowest BCUT2D eigenvalue weighted by Gasteiger charge is -2.17. The molecular formula is C15H18N4OS. The van der Waals surface area contributed by atoms with Crippen molar-refractivity contribution in [3.63, 3.8) is 0 Å². The summed E-state index contributed by atoms with van der Waals surface area (Å²) in [5.74, 6) is 0.179. The van der Waals surface area contributed by atoms with Gasteiger partial charge in [0.05, 0.1) is 11.7 Å². The summed E-state index contributed by atoms with van der Waals surface area (Å²) in [7, 11) is 0. The summed E-state index contributed by atoms with van der Waals surface area (Å²) in [6.07, 6.45) is 0.849. The molecule has 2 heterocycles. The van der Waals surface area contributed by atoms with Crippen molar-refractivity contribution in [2.45, 2.75) is 32.5 Å². The van der Waals surface area contributed by atoms with Gasteiger partial charge >= 0.3 is 0 Å². The molecule has 1 amide bonds. The van der Waals surface area contributed by atoms with Crippen molar-refractivity contribution in [3.05, 3.63) is 46.5 Å². The number of hydrogen-bond acceptors (Lipinski definition) is 5. The fraction of sp³-hybridized carbons (Fsp3) is 0.400. The van der Waals surface area contributed by atoms with Crippen LogP contribution in [0, 0.1) is 6.92 Å². The minimum absolute atomic E-state index is 0.0999. The highest BCUT2D eigenvalue weighted by Crippen LogP contribution is 2.16. The number of carbonyl (C=O) groups excluding carboxylic acids is 1. The van der Waals surface area contributed by atoms with E-state index in [1.54, 1.807) is 0 Å². The minimum Gasteiger partial charge on any atom is -0.337 e. The van der Waals surface area contributed by atoms with Gasteiger partial charge in [0.2, 0.25) is 5.91 Å². The number of carbonyl (C=O) groups is 1. The van der Waals surface area contributed by atoms with Gasteiger partial charge in [-0.15, -0.1) is 5.10 Å². The van der Waals surface area contributed by atoms with Gasteiger partial charge in [0.1, 0.15) is 0 Å². The van der Waals surface area contributed by atoms with Crippen molar-refractivity contribution in [2.24, 2.45) is 0 Å². The monoisotopic (exact) mass is 302 g/mol. The predicted octanol–water partition coefficient (Wildman–Crippen LogP) is 1.74. The number of amides is 1. The Hall–Kier alpha value is -1.79. The third kappa shape index (κ3) is 3.46. The molecule has 3 rings (SSSR count). The average molecular weight is 302 g/mol. The van der Waals surface area contributed by atoms with Crippen LogP contribution in [0.15, 0.2) is 29.6 Å². The smallest absolute Gasteiger partial charge is 0.240 e. The summed E-state index contributed by atoms with van der Waals surface area (Å²) >= 11 is 1.33. The Bertz CT molecular complexity index is 597. The summed E-state index contributed by atoms with van der Waals surface area (Å²) in [5.41, 5.74) is 3.31. The number of hydrogen-bond donors (Lipinski definition) is 1. The SMILES string of the molecule is Cc1ccc(CN2CC[C@H](NCc3csnn3)C2=O)cc1. The second-order valence-corrected chi connectivity index (χ2v) is 5.97. The molecule has 110 valence electrons. The molecule has 0 radical (unpaired) electrons. The molecule has 1 fully saturated rings. The fourth-order valence-corrected chi connectivity index (χ4v) is 2.94. The van der Waals surface area contributed by atoms with Gasteiger partial charge in [-0.1, -0.05) is 34.3 Å². The molecule has 1 aliphatic rings. The number of aromatic nitrogens is 2. The number of benzene rings is 1. The highest BCUT2D eigenvalue weighted by atomic mass is 32.1. The largest absolute Gasteiger partial charge is 0.337 e. The molecular weight excluding hydrogens is 284 g/mol. The molecule has 0 unspecified atom stereocenters. The first-order valence-electron chi connectivity index (χ1n) is 7.06. The quantitative estimate of drug-likeness (QED) is 0.914. The van der Waals surface area contributed by atoms with Gasteiger partial charge in [0.25, 0.3) is 0 Å². The standard InChI is InChI=1S/C15H18N4OS/c1-11-2-4-12(5-3-11)9-19-7-6-14(15(19)20)16-8-13-10-21-18-17-13/h2-5,10,14,16H,6-9H2,1H3/t14-/m0/s1. The van der Waals surface area contributed by atoms with Crippen LogP contribution in [-0.2, 0) is 17.9 Å². The van der Waals surface area contributed by atoms with Gasteiger partial charge in [-0.2, -0.15) is 0 Å². The lowest BCUT2D eigenvalue weighted by molar-refractivity contribution is -0.129. The number of rotatable bonds is 5. The van der Waals surface area contributed by atoms with Crippen LogP contribution in [-0.4, -0.2) is 33.0 Å².